The zero-order chi connectivity index (χ0) is 29.8. The van der Waals surface area contributed by atoms with Crippen LogP contribution in [0.25, 0.3) is 22.3 Å². The van der Waals surface area contributed by atoms with Gasteiger partial charge in [-0.1, -0.05) is 19.6 Å². The molecule has 4 rings (SSSR count). The molecule has 2 atom stereocenters. The third-order valence-corrected chi connectivity index (χ3v) is 8.92. The van der Waals surface area contributed by atoms with Crippen LogP contribution >= 0.6 is 0 Å². The Kier molecular flexibility index (Phi) is 9.51. The van der Waals surface area contributed by atoms with E-state index >= 15 is 0 Å². The van der Waals surface area contributed by atoms with Crippen LogP contribution in [-0.4, -0.2) is 92.7 Å². The molecule has 222 valence electrons. The van der Waals surface area contributed by atoms with Crippen molar-refractivity contribution in [3.05, 3.63) is 31.0 Å². The molecule has 0 aliphatic carbocycles. The number of nitrogens with zero attached hydrogens (tertiary/aromatic N) is 8. The van der Waals surface area contributed by atoms with E-state index in [1.165, 1.54) is 0 Å². The number of carbonyl (C=O) groups excluding carboxylic acids is 1. The van der Waals surface area contributed by atoms with Gasteiger partial charge in [-0.15, -0.1) is 0 Å². The Hall–Kier alpha value is -3.27. The van der Waals surface area contributed by atoms with E-state index in [0.29, 0.717) is 39.3 Å². The van der Waals surface area contributed by atoms with E-state index in [1.807, 2.05) is 48.5 Å². The van der Waals surface area contributed by atoms with Crippen LogP contribution in [0.3, 0.4) is 0 Å². The SMILES string of the molecule is C[C@@H]1CN(C(=O)OC(C)(C)C)CCN1CC(CC#N)n1cc(-c2ncnc3c2ccn3COCC[Si](C)(C)C)cn1. The van der Waals surface area contributed by atoms with Gasteiger partial charge in [0.05, 0.1) is 30.4 Å². The van der Waals surface area contributed by atoms with Crippen LogP contribution in [0.4, 0.5) is 4.79 Å². The van der Waals surface area contributed by atoms with Gasteiger partial charge in [-0.25, -0.2) is 14.8 Å². The van der Waals surface area contributed by atoms with Crippen molar-refractivity contribution in [1.82, 2.24) is 34.1 Å². The number of carbonyl (C=O) groups is 1. The largest absolute Gasteiger partial charge is 0.444 e. The fraction of sp³-hybridized carbons (Fsp3) is 0.621. The fourth-order valence-electron chi connectivity index (χ4n) is 4.92. The third kappa shape index (κ3) is 8.15. The number of aromatic nitrogens is 5. The highest BCUT2D eigenvalue weighted by atomic mass is 28.3. The Morgan fingerprint density at radius 2 is 2.02 bits per heavy atom. The monoisotopic (exact) mass is 580 g/mol. The van der Waals surface area contributed by atoms with Gasteiger partial charge in [-0.2, -0.15) is 10.4 Å². The molecule has 3 aromatic heterocycles. The minimum absolute atomic E-state index is 0.127. The molecule has 0 aromatic carbocycles. The van der Waals surface area contributed by atoms with Crippen LogP contribution in [-0.2, 0) is 16.2 Å². The Labute approximate surface area is 244 Å². The summed E-state index contributed by atoms with van der Waals surface area (Å²) in [6.07, 6.45) is 7.37. The maximum Gasteiger partial charge on any atom is 0.410 e. The maximum absolute atomic E-state index is 12.6. The topological polar surface area (TPSA) is 114 Å². The molecule has 1 amide bonds. The summed E-state index contributed by atoms with van der Waals surface area (Å²) in [4.78, 5) is 25.7. The van der Waals surface area contributed by atoms with E-state index < -0.39 is 13.7 Å². The molecule has 1 fully saturated rings. The molecule has 0 N–H and O–H groups in total. The van der Waals surface area contributed by atoms with Crippen molar-refractivity contribution in [2.75, 3.05) is 32.8 Å². The lowest BCUT2D eigenvalue weighted by Crippen LogP contribution is -2.55. The standard InChI is InChI=1S/C29H44N8O3Si/c1-22-17-35(28(38)40-29(2,3)4)13-12-34(22)19-24(8-10-30)37-18-23(16-33-37)26-25-9-11-36(27(25)32-20-31-26)21-39-14-15-41(5,6)7/h9,11,16,18,20,22,24H,8,12-15,17,19,21H2,1-7H3/t22-,24?/m1/s1. The van der Waals surface area contributed by atoms with Crippen LogP contribution in [0.15, 0.2) is 31.0 Å². The summed E-state index contributed by atoms with van der Waals surface area (Å²) < 4.78 is 15.4. The van der Waals surface area contributed by atoms with Crippen molar-refractivity contribution in [2.45, 2.75) is 84.2 Å². The number of hydrogen-bond donors (Lipinski definition) is 0. The first-order chi connectivity index (χ1) is 19.3. The molecular weight excluding hydrogens is 536 g/mol. The zero-order valence-corrected chi connectivity index (χ0v) is 26.5. The third-order valence-electron chi connectivity index (χ3n) is 7.22. The van der Waals surface area contributed by atoms with Gasteiger partial charge in [0.1, 0.15) is 24.3 Å². The van der Waals surface area contributed by atoms with Crippen molar-refractivity contribution >= 4 is 25.2 Å². The minimum atomic E-state index is -1.15. The molecule has 0 radical (unpaired) electrons. The molecule has 1 aliphatic rings. The summed E-state index contributed by atoms with van der Waals surface area (Å²) in [5.74, 6) is 0. The van der Waals surface area contributed by atoms with Crippen LogP contribution < -0.4 is 0 Å². The molecule has 0 spiro atoms. The molecule has 3 aromatic rings. The van der Waals surface area contributed by atoms with E-state index in [2.05, 4.69) is 52.6 Å². The molecule has 1 saturated heterocycles. The highest BCUT2D eigenvalue weighted by Crippen LogP contribution is 2.28. The van der Waals surface area contributed by atoms with Gasteiger partial charge in [-0.05, 0) is 39.8 Å². The number of fused-ring (bicyclic) bond motifs is 1. The predicted molar refractivity (Wildman–Crippen MR) is 161 cm³/mol. The van der Waals surface area contributed by atoms with E-state index in [4.69, 9.17) is 9.47 Å². The number of piperazine rings is 1. The average molecular weight is 581 g/mol. The molecule has 0 bridgehead atoms. The number of amides is 1. The first-order valence-electron chi connectivity index (χ1n) is 14.4. The zero-order valence-electron chi connectivity index (χ0n) is 25.5. The highest BCUT2D eigenvalue weighted by molar-refractivity contribution is 6.76. The smallest absolute Gasteiger partial charge is 0.410 e. The Morgan fingerprint density at radius 1 is 1.24 bits per heavy atom. The molecule has 12 heteroatoms. The molecule has 1 aliphatic heterocycles. The summed E-state index contributed by atoms with van der Waals surface area (Å²) >= 11 is 0. The van der Waals surface area contributed by atoms with E-state index in [9.17, 15) is 10.1 Å². The van der Waals surface area contributed by atoms with E-state index in [0.717, 1.165) is 34.9 Å². The highest BCUT2D eigenvalue weighted by Gasteiger charge is 2.31. The molecule has 1 unspecified atom stereocenters. The number of nitriles is 1. The van der Waals surface area contributed by atoms with Crippen molar-refractivity contribution < 1.29 is 14.3 Å². The molecule has 11 nitrogen and oxygen atoms in total. The van der Waals surface area contributed by atoms with Crippen LogP contribution in [0, 0.1) is 11.3 Å². The van der Waals surface area contributed by atoms with Gasteiger partial charge in [0.15, 0.2) is 0 Å². The lowest BCUT2D eigenvalue weighted by atomic mass is 10.1. The van der Waals surface area contributed by atoms with Gasteiger partial charge in [0, 0.05) is 70.2 Å². The van der Waals surface area contributed by atoms with Gasteiger partial charge in [0.25, 0.3) is 0 Å². The van der Waals surface area contributed by atoms with Gasteiger partial charge in [0.2, 0.25) is 0 Å². The van der Waals surface area contributed by atoms with E-state index in [1.54, 1.807) is 17.4 Å². The second-order valence-electron chi connectivity index (χ2n) is 13.1. The summed E-state index contributed by atoms with van der Waals surface area (Å²) in [5.41, 5.74) is 1.98. The van der Waals surface area contributed by atoms with Crippen molar-refractivity contribution in [2.24, 2.45) is 0 Å². The molecule has 0 saturated carbocycles. The minimum Gasteiger partial charge on any atom is -0.444 e. The van der Waals surface area contributed by atoms with Gasteiger partial charge in [-0.3, -0.25) is 9.58 Å². The summed E-state index contributed by atoms with van der Waals surface area (Å²) in [6.45, 7) is 18.5. The van der Waals surface area contributed by atoms with E-state index in [-0.39, 0.29) is 18.2 Å². The van der Waals surface area contributed by atoms with Crippen LogP contribution in [0.5, 0.6) is 0 Å². The molecular formula is C29H44N8O3Si. The average Bonchev–Trinajstić information content (AvgIpc) is 3.53. The second-order valence-corrected chi connectivity index (χ2v) is 18.7. The first-order valence-corrected chi connectivity index (χ1v) is 18.1. The Balaban J connectivity index is 1.44. The lowest BCUT2D eigenvalue weighted by Gasteiger charge is -2.41. The summed E-state index contributed by atoms with van der Waals surface area (Å²) in [5, 5.41) is 15.2. The maximum atomic E-state index is 12.6. The van der Waals surface area contributed by atoms with Gasteiger partial charge >= 0.3 is 6.09 Å². The predicted octanol–water partition coefficient (Wildman–Crippen LogP) is 5.00. The summed E-state index contributed by atoms with van der Waals surface area (Å²) in [7, 11) is -1.15. The number of hydrogen-bond acceptors (Lipinski definition) is 8. The van der Waals surface area contributed by atoms with Crippen molar-refractivity contribution in [3.63, 3.8) is 0 Å². The van der Waals surface area contributed by atoms with Crippen molar-refractivity contribution in [3.8, 4) is 17.3 Å². The van der Waals surface area contributed by atoms with Gasteiger partial charge < -0.3 is 18.9 Å². The fourth-order valence-corrected chi connectivity index (χ4v) is 5.67. The lowest BCUT2D eigenvalue weighted by molar-refractivity contribution is 0.00376. The number of ether oxygens (including phenoxy) is 2. The molecule has 41 heavy (non-hydrogen) atoms. The quantitative estimate of drug-likeness (QED) is 0.243. The molecule has 4 heterocycles. The Morgan fingerprint density at radius 3 is 2.71 bits per heavy atom. The Bertz CT molecular complexity index is 1370. The summed E-state index contributed by atoms with van der Waals surface area (Å²) in [6, 6.07) is 5.45. The number of rotatable bonds is 10. The second kappa shape index (κ2) is 12.7. The first kappa shape index (κ1) is 30.7. The normalized spacial score (nSPS) is 17.5. The van der Waals surface area contributed by atoms with Crippen molar-refractivity contribution in [1.29, 1.82) is 5.26 Å². The van der Waals surface area contributed by atoms with Crippen LogP contribution in [0.2, 0.25) is 25.7 Å². The van der Waals surface area contributed by atoms with Crippen LogP contribution in [0.1, 0.15) is 40.2 Å².